The number of aliphatic hydroxyl groups excluding tert-OH is 1. The topological polar surface area (TPSA) is 69.6 Å². The van der Waals surface area contributed by atoms with E-state index in [4.69, 9.17) is 23.8 Å². The van der Waals surface area contributed by atoms with Gasteiger partial charge < -0.3 is 24.1 Å². The van der Waals surface area contributed by atoms with Crippen LogP contribution in [0.4, 0.5) is 0 Å². The van der Waals surface area contributed by atoms with Crippen LogP contribution < -0.4 is 0 Å². The summed E-state index contributed by atoms with van der Waals surface area (Å²) in [6.07, 6.45) is -1.33. The van der Waals surface area contributed by atoms with E-state index in [-0.39, 0.29) is 12.7 Å². The van der Waals surface area contributed by atoms with E-state index in [1.165, 1.54) is 14.2 Å². The number of hydrogen-bond acceptors (Lipinski definition) is 7. The zero-order chi connectivity index (χ0) is 18.1. The van der Waals surface area contributed by atoms with Gasteiger partial charge in [-0.3, -0.25) is 4.84 Å². The van der Waals surface area contributed by atoms with E-state index in [2.05, 4.69) is 0 Å². The first-order valence-corrected chi connectivity index (χ1v) is 8.45. The molecule has 2 aliphatic rings. The molecule has 2 saturated heterocycles. The molecule has 0 spiro atoms. The molecule has 3 rings (SSSR count). The lowest BCUT2D eigenvalue weighted by Crippen LogP contribution is -2.70. The Morgan fingerprint density at radius 2 is 1.84 bits per heavy atom. The van der Waals surface area contributed by atoms with Gasteiger partial charge in [0, 0.05) is 20.8 Å². The van der Waals surface area contributed by atoms with Crippen LogP contribution in [0.5, 0.6) is 0 Å². The predicted octanol–water partition coefficient (Wildman–Crippen LogP) is 1.30. The molecule has 2 heterocycles. The van der Waals surface area contributed by atoms with E-state index < -0.39 is 23.7 Å². The number of hydroxylamine groups is 2. The van der Waals surface area contributed by atoms with E-state index in [0.717, 1.165) is 5.56 Å². The predicted molar refractivity (Wildman–Crippen MR) is 89.4 cm³/mol. The lowest BCUT2D eigenvalue weighted by molar-refractivity contribution is -0.394. The summed E-state index contributed by atoms with van der Waals surface area (Å²) in [5.41, 5.74) is 1.07. The molecule has 7 heteroatoms. The highest BCUT2D eigenvalue weighted by Gasteiger charge is 2.58. The van der Waals surface area contributed by atoms with E-state index in [9.17, 15) is 5.11 Å². The summed E-state index contributed by atoms with van der Waals surface area (Å²) in [5, 5.41) is 12.3. The van der Waals surface area contributed by atoms with Gasteiger partial charge in [-0.1, -0.05) is 30.3 Å². The molecule has 0 saturated carbocycles. The van der Waals surface area contributed by atoms with E-state index >= 15 is 0 Å². The van der Waals surface area contributed by atoms with Crippen LogP contribution in [0.1, 0.15) is 19.4 Å². The molecule has 0 aromatic heterocycles. The highest BCUT2D eigenvalue weighted by molar-refractivity contribution is 5.15. The molecule has 0 amide bonds. The molecule has 7 nitrogen and oxygen atoms in total. The minimum absolute atomic E-state index is 0.0714. The Kier molecular flexibility index (Phi) is 5.45. The zero-order valence-corrected chi connectivity index (χ0v) is 15.2. The van der Waals surface area contributed by atoms with Crippen molar-refractivity contribution in [3.8, 4) is 0 Å². The average Bonchev–Trinajstić information content (AvgIpc) is 2.96. The lowest BCUT2D eigenvalue weighted by atomic mass is 9.93. The van der Waals surface area contributed by atoms with Crippen LogP contribution in [0.15, 0.2) is 30.3 Å². The van der Waals surface area contributed by atoms with Gasteiger partial charge >= 0.3 is 0 Å². The third-order valence-electron chi connectivity index (χ3n) is 4.79. The maximum atomic E-state index is 10.6. The third kappa shape index (κ3) is 3.59. The van der Waals surface area contributed by atoms with Crippen molar-refractivity contribution in [1.29, 1.82) is 0 Å². The van der Waals surface area contributed by atoms with Crippen LogP contribution in [0.25, 0.3) is 0 Å². The summed E-state index contributed by atoms with van der Waals surface area (Å²) in [5.74, 6) is -1.99. The Morgan fingerprint density at radius 3 is 2.40 bits per heavy atom. The third-order valence-corrected chi connectivity index (χ3v) is 4.79. The molecule has 0 bridgehead atoms. The number of benzene rings is 1. The first-order chi connectivity index (χ1) is 11.9. The van der Waals surface area contributed by atoms with Gasteiger partial charge in [0.2, 0.25) is 5.79 Å². The second-order valence-electron chi connectivity index (χ2n) is 6.81. The van der Waals surface area contributed by atoms with Crippen molar-refractivity contribution in [3.05, 3.63) is 35.9 Å². The molecule has 25 heavy (non-hydrogen) atoms. The second-order valence-corrected chi connectivity index (χ2v) is 6.81. The van der Waals surface area contributed by atoms with E-state index in [1.54, 1.807) is 5.06 Å². The summed E-state index contributed by atoms with van der Waals surface area (Å²) >= 11 is 0. The SMILES string of the molecule is COC1(OC)[C@H](O)CON(Cc2ccccc2)[C@H]1[C@H]1COC(C)(C)O1. The first-order valence-electron chi connectivity index (χ1n) is 8.45. The van der Waals surface area contributed by atoms with Crippen LogP contribution in [-0.4, -0.2) is 67.4 Å². The van der Waals surface area contributed by atoms with Crippen molar-refractivity contribution in [3.63, 3.8) is 0 Å². The van der Waals surface area contributed by atoms with Gasteiger partial charge in [-0.2, -0.15) is 5.06 Å². The number of methoxy groups -OCH3 is 2. The molecule has 1 N–H and O–H groups in total. The normalized spacial score (nSPS) is 32.0. The summed E-state index contributed by atoms with van der Waals surface area (Å²) in [4.78, 5) is 5.83. The van der Waals surface area contributed by atoms with E-state index in [1.807, 2.05) is 44.2 Å². The second kappa shape index (κ2) is 7.28. The van der Waals surface area contributed by atoms with Gasteiger partial charge in [0.1, 0.15) is 18.2 Å². The standard InChI is InChI=1S/C18H27NO6/c1-17(2)23-11-14(25-17)16-18(21-3,22-4)15(20)12-24-19(16)10-13-8-6-5-7-9-13/h5-9,14-16,20H,10-12H2,1-4H3/t14-,15-,16+/m1/s1. The molecule has 0 radical (unpaired) electrons. The zero-order valence-electron chi connectivity index (χ0n) is 15.2. The minimum atomic E-state index is -1.28. The largest absolute Gasteiger partial charge is 0.385 e. The van der Waals surface area contributed by atoms with Crippen molar-refractivity contribution in [2.75, 3.05) is 27.4 Å². The minimum Gasteiger partial charge on any atom is -0.385 e. The molecular weight excluding hydrogens is 326 g/mol. The quantitative estimate of drug-likeness (QED) is 0.800. The van der Waals surface area contributed by atoms with Crippen molar-refractivity contribution in [2.24, 2.45) is 0 Å². The summed E-state index contributed by atoms with van der Waals surface area (Å²) in [7, 11) is 3.04. The molecule has 3 atom stereocenters. The van der Waals surface area contributed by atoms with Gasteiger partial charge in [-0.25, -0.2) is 0 Å². The first kappa shape index (κ1) is 18.7. The van der Waals surface area contributed by atoms with Crippen molar-refractivity contribution < 1.29 is 28.9 Å². The fourth-order valence-corrected chi connectivity index (χ4v) is 3.58. The number of hydrogen-bond donors (Lipinski definition) is 1. The van der Waals surface area contributed by atoms with Crippen LogP contribution in [0.3, 0.4) is 0 Å². The fraction of sp³-hybridized carbons (Fsp3) is 0.667. The number of ether oxygens (including phenoxy) is 4. The Morgan fingerprint density at radius 1 is 1.16 bits per heavy atom. The summed E-state index contributed by atoms with van der Waals surface area (Å²) in [6, 6.07) is 9.44. The molecule has 1 aromatic rings. The summed E-state index contributed by atoms with van der Waals surface area (Å²) < 4.78 is 23.1. The molecule has 2 fully saturated rings. The Bertz CT molecular complexity index is 562. The number of aliphatic hydroxyl groups is 1. The molecule has 1 aromatic carbocycles. The van der Waals surface area contributed by atoms with Gasteiger partial charge in [0.15, 0.2) is 5.79 Å². The van der Waals surface area contributed by atoms with Gasteiger partial charge in [0.05, 0.1) is 13.2 Å². The maximum absolute atomic E-state index is 10.6. The highest BCUT2D eigenvalue weighted by atomic mass is 16.8. The Balaban J connectivity index is 1.92. The van der Waals surface area contributed by atoms with Crippen molar-refractivity contribution in [2.45, 2.75) is 50.2 Å². The van der Waals surface area contributed by atoms with E-state index in [0.29, 0.717) is 13.2 Å². The van der Waals surface area contributed by atoms with Gasteiger partial charge in [0.25, 0.3) is 0 Å². The smallest absolute Gasteiger partial charge is 0.217 e. The van der Waals surface area contributed by atoms with Crippen LogP contribution in [0, 0.1) is 0 Å². The Hall–Kier alpha value is -1.06. The number of nitrogens with zero attached hydrogens (tertiary/aromatic N) is 1. The van der Waals surface area contributed by atoms with Gasteiger partial charge in [-0.15, -0.1) is 0 Å². The maximum Gasteiger partial charge on any atom is 0.217 e. The van der Waals surface area contributed by atoms with Crippen LogP contribution in [0.2, 0.25) is 0 Å². The monoisotopic (exact) mass is 353 g/mol. The highest BCUT2D eigenvalue weighted by Crippen LogP contribution is 2.38. The van der Waals surface area contributed by atoms with Gasteiger partial charge in [-0.05, 0) is 19.4 Å². The van der Waals surface area contributed by atoms with Crippen LogP contribution >= 0.6 is 0 Å². The number of rotatable bonds is 5. The molecule has 0 unspecified atom stereocenters. The Labute approximate surface area is 148 Å². The van der Waals surface area contributed by atoms with Crippen molar-refractivity contribution in [1.82, 2.24) is 5.06 Å². The molecule has 2 aliphatic heterocycles. The van der Waals surface area contributed by atoms with Crippen molar-refractivity contribution >= 4 is 0 Å². The lowest BCUT2D eigenvalue weighted by Gasteiger charge is -2.50. The summed E-state index contributed by atoms with van der Waals surface area (Å²) in [6.45, 7) is 4.65. The molecular formula is C18H27NO6. The molecule has 0 aliphatic carbocycles. The fourth-order valence-electron chi connectivity index (χ4n) is 3.58. The molecule has 140 valence electrons. The average molecular weight is 353 g/mol. The van der Waals surface area contributed by atoms with Crippen LogP contribution in [-0.2, 0) is 30.3 Å².